The number of aliphatic imine (C=N–C) groups is 1. The molecule has 1 unspecified atom stereocenters. The molecule has 0 aromatic carbocycles. The average molecular weight is 294 g/mol. The molecule has 1 aromatic rings. The van der Waals surface area contributed by atoms with E-state index in [1.54, 1.807) is 11.3 Å². The highest BCUT2D eigenvalue weighted by molar-refractivity contribution is 7.10. The Morgan fingerprint density at radius 1 is 1.50 bits per heavy atom. The van der Waals surface area contributed by atoms with E-state index in [1.807, 2.05) is 7.05 Å². The summed E-state index contributed by atoms with van der Waals surface area (Å²) in [6.07, 6.45) is 2.71. The molecular formula is C15H26N4S. The second-order valence-corrected chi connectivity index (χ2v) is 6.58. The van der Waals surface area contributed by atoms with Crippen molar-refractivity contribution in [1.29, 1.82) is 0 Å². The van der Waals surface area contributed by atoms with Crippen LogP contribution in [0.15, 0.2) is 16.4 Å². The number of nitrogens with zero attached hydrogens (tertiary/aromatic N) is 2. The van der Waals surface area contributed by atoms with Gasteiger partial charge >= 0.3 is 0 Å². The van der Waals surface area contributed by atoms with Gasteiger partial charge in [-0.2, -0.15) is 0 Å². The third kappa shape index (κ3) is 4.21. The Bertz CT molecular complexity index is 450. The van der Waals surface area contributed by atoms with Gasteiger partial charge in [0.2, 0.25) is 0 Å². The first kappa shape index (κ1) is 15.3. The van der Waals surface area contributed by atoms with E-state index in [0.29, 0.717) is 6.04 Å². The SMILES string of the molecule is CN=C(NCc1sccc1C)NCC(C)N(C)C1CC1. The maximum Gasteiger partial charge on any atom is 0.191 e. The van der Waals surface area contributed by atoms with Crippen molar-refractivity contribution in [1.82, 2.24) is 15.5 Å². The lowest BCUT2D eigenvalue weighted by Crippen LogP contribution is -2.45. The molecule has 0 amide bonds. The van der Waals surface area contributed by atoms with E-state index < -0.39 is 0 Å². The fourth-order valence-electron chi connectivity index (χ4n) is 2.20. The van der Waals surface area contributed by atoms with Crippen LogP contribution in [0.3, 0.4) is 0 Å². The zero-order chi connectivity index (χ0) is 14.5. The number of aryl methyl sites for hydroxylation is 1. The van der Waals surface area contributed by atoms with Crippen molar-refractivity contribution in [2.45, 2.75) is 45.3 Å². The van der Waals surface area contributed by atoms with Crippen molar-refractivity contribution in [3.05, 3.63) is 21.9 Å². The number of nitrogens with one attached hydrogen (secondary N) is 2. The maximum atomic E-state index is 4.29. The first-order chi connectivity index (χ1) is 9.61. The zero-order valence-corrected chi connectivity index (χ0v) is 13.8. The molecule has 2 N–H and O–H groups in total. The van der Waals surface area contributed by atoms with Crippen LogP contribution in [0.2, 0.25) is 0 Å². The second kappa shape index (κ2) is 7.09. The fourth-order valence-corrected chi connectivity index (χ4v) is 3.05. The van der Waals surface area contributed by atoms with Gasteiger partial charge in [0, 0.05) is 30.6 Å². The molecule has 1 aliphatic rings. The predicted molar refractivity (Wildman–Crippen MR) is 87.5 cm³/mol. The first-order valence-electron chi connectivity index (χ1n) is 7.31. The van der Waals surface area contributed by atoms with Gasteiger partial charge < -0.3 is 10.6 Å². The lowest BCUT2D eigenvalue weighted by Gasteiger charge is -2.25. The molecule has 0 saturated heterocycles. The minimum atomic E-state index is 0.532. The number of guanidine groups is 1. The molecule has 1 fully saturated rings. The Morgan fingerprint density at radius 3 is 2.80 bits per heavy atom. The van der Waals surface area contributed by atoms with Crippen LogP contribution in [0, 0.1) is 6.92 Å². The van der Waals surface area contributed by atoms with E-state index in [9.17, 15) is 0 Å². The minimum absolute atomic E-state index is 0.532. The van der Waals surface area contributed by atoms with Gasteiger partial charge in [0.15, 0.2) is 5.96 Å². The van der Waals surface area contributed by atoms with E-state index in [4.69, 9.17) is 0 Å². The molecule has 20 heavy (non-hydrogen) atoms. The molecular weight excluding hydrogens is 268 g/mol. The summed E-state index contributed by atoms with van der Waals surface area (Å²) in [6, 6.07) is 3.49. The predicted octanol–water partition coefficient (Wildman–Crippen LogP) is 2.20. The number of hydrogen-bond acceptors (Lipinski definition) is 3. The van der Waals surface area contributed by atoms with Crippen LogP contribution >= 0.6 is 11.3 Å². The van der Waals surface area contributed by atoms with Crippen LogP contribution in [-0.2, 0) is 6.54 Å². The summed E-state index contributed by atoms with van der Waals surface area (Å²) in [5, 5.41) is 8.93. The molecule has 0 aliphatic heterocycles. The molecule has 2 rings (SSSR count). The molecule has 0 bridgehead atoms. The molecule has 1 aromatic heterocycles. The smallest absolute Gasteiger partial charge is 0.191 e. The number of thiophene rings is 1. The lowest BCUT2D eigenvalue weighted by atomic mass is 10.3. The van der Waals surface area contributed by atoms with E-state index in [1.165, 1.54) is 23.3 Å². The standard InChI is InChI=1S/C15H26N4S/c1-11-7-8-20-14(11)10-18-15(16-3)17-9-12(2)19(4)13-5-6-13/h7-8,12-13H,5-6,9-10H2,1-4H3,(H2,16,17,18). The van der Waals surface area contributed by atoms with Crippen molar-refractivity contribution in [2.75, 3.05) is 20.6 Å². The average Bonchev–Trinajstić information content (AvgIpc) is 3.22. The fraction of sp³-hybridized carbons (Fsp3) is 0.667. The van der Waals surface area contributed by atoms with E-state index >= 15 is 0 Å². The van der Waals surface area contributed by atoms with Crippen molar-refractivity contribution in [3.63, 3.8) is 0 Å². The van der Waals surface area contributed by atoms with E-state index in [2.05, 4.69) is 52.9 Å². The lowest BCUT2D eigenvalue weighted by molar-refractivity contribution is 0.247. The van der Waals surface area contributed by atoms with Crippen LogP contribution in [0.4, 0.5) is 0 Å². The maximum absolute atomic E-state index is 4.29. The summed E-state index contributed by atoms with van der Waals surface area (Å²) in [7, 11) is 4.04. The third-order valence-corrected chi connectivity index (χ3v) is 5.01. The highest BCUT2D eigenvalue weighted by atomic mass is 32.1. The Morgan fingerprint density at radius 2 is 2.25 bits per heavy atom. The van der Waals surface area contributed by atoms with Crippen LogP contribution in [0.1, 0.15) is 30.2 Å². The second-order valence-electron chi connectivity index (χ2n) is 5.58. The van der Waals surface area contributed by atoms with Gasteiger partial charge in [-0.1, -0.05) is 0 Å². The molecule has 1 atom stereocenters. The van der Waals surface area contributed by atoms with Gasteiger partial charge in [0.25, 0.3) is 0 Å². The number of hydrogen-bond donors (Lipinski definition) is 2. The van der Waals surface area contributed by atoms with Gasteiger partial charge in [0.05, 0.1) is 6.54 Å². The highest BCUT2D eigenvalue weighted by Crippen LogP contribution is 2.26. The largest absolute Gasteiger partial charge is 0.355 e. The van der Waals surface area contributed by atoms with Crippen molar-refractivity contribution in [2.24, 2.45) is 4.99 Å². The molecule has 5 heteroatoms. The monoisotopic (exact) mass is 294 g/mol. The summed E-state index contributed by atoms with van der Waals surface area (Å²) in [6.45, 7) is 6.19. The number of rotatable bonds is 6. The molecule has 1 saturated carbocycles. The summed E-state index contributed by atoms with van der Waals surface area (Å²) >= 11 is 1.79. The Kier molecular flexibility index (Phi) is 5.43. The van der Waals surface area contributed by atoms with Crippen LogP contribution in [-0.4, -0.2) is 43.6 Å². The summed E-state index contributed by atoms with van der Waals surface area (Å²) in [4.78, 5) is 8.12. The topological polar surface area (TPSA) is 39.7 Å². The minimum Gasteiger partial charge on any atom is -0.355 e. The van der Waals surface area contributed by atoms with Gasteiger partial charge in [-0.25, -0.2) is 0 Å². The molecule has 4 nitrogen and oxygen atoms in total. The van der Waals surface area contributed by atoms with Gasteiger partial charge in [-0.05, 0) is 50.7 Å². The van der Waals surface area contributed by atoms with Crippen molar-refractivity contribution >= 4 is 17.3 Å². The normalized spacial score (nSPS) is 17.4. The molecule has 1 heterocycles. The highest BCUT2D eigenvalue weighted by Gasteiger charge is 2.28. The Balaban J connectivity index is 1.73. The van der Waals surface area contributed by atoms with Gasteiger partial charge in [0.1, 0.15) is 0 Å². The summed E-state index contributed by atoms with van der Waals surface area (Å²) in [5.41, 5.74) is 1.35. The summed E-state index contributed by atoms with van der Waals surface area (Å²) < 4.78 is 0. The molecule has 1 aliphatic carbocycles. The molecule has 0 radical (unpaired) electrons. The Hall–Kier alpha value is -1.07. The zero-order valence-electron chi connectivity index (χ0n) is 12.9. The van der Waals surface area contributed by atoms with Gasteiger partial charge in [-0.3, -0.25) is 9.89 Å². The third-order valence-electron chi connectivity index (χ3n) is 3.99. The van der Waals surface area contributed by atoms with E-state index in [0.717, 1.165) is 25.1 Å². The first-order valence-corrected chi connectivity index (χ1v) is 8.19. The quantitative estimate of drug-likeness (QED) is 0.624. The van der Waals surface area contributed by atoms with Crippen molar-refractivity contribution < 1.29 is 0 Å². The van der Waals surface area contributed by atoms with Crippen LogP contribution in [0.5, 0.6) is 0 Å². The van der Waals surface area contributed by atoms with Crippen molar-refractivity contribution in [3.8, 4) is 0 Å². The van der Waals surface area contributed by atoms with E-state index in [-0.39, 0.29) is 0 Å². The Labute approximate surface area is 126 Å². The molecule has 0 spiro atoms. The number of likely N-dealkylation sites (N-methyl/N-ethyl adjacent to an activating group) is 1. The summed E-state index contributed by atoms with van der Waals surface area (Å²) in [5.74, 6) is 0.883. The van der Waals surface area contributed by atoms with Crippen LogP contribution in [0.25, 0.3) is 0 Å². The van der Waals surface area contributed by atoms with Crippen LogP contribution < -0.4 is 10.6 Å². The van der Waals surface area contributed by atoms with Gasteiger partial charge in [-0.15, -0.1) is 11.3 Å². The molecule has 112 valence electrons.